The van der Waals surface area contributed by atoms with Gasteiger partial charge in [0.25, 0.3) is 0 Å². The van der Waals surface area contributed by atoms with Crippen LogP contribution in [0, 0.1) is 0 Å². The Morgan fingerprint density at radius 1 is 1.47 bits per heavy atom. The van der Waals surface area contributed by atoms with Crippen molar-refractivity contribution < 1.29 is 0 Å². The van der Waals surface area contributed by atoms with E-state index in [0.29, 0.717) is 6.04 Å². The van der Waals surface area contributed by atoms with Gasteiger partial charge < -0.3 is 9.88 Å². The molecule has 1 fully saturated rings. The molecule has 1 unspecified atom stereocenters. The first kappa shape index (κ1) is 12.4. The van der Waals surface area contributed by atoms with Gasteiger partial charge in [-0.3, -0.25) is 4.90 Å². The monoisotopic (exact) mass is 236 g/mol. The van der Waals surface area contributed by atoms with Crippen molar-refractivity contribution >= 4 is 5.95 Å². The second-order valence-electron chi connectivity index (χ2n) is 4.75. The largest absolute Gasteiger partial charge is 0.356 e. The molecule has 2 heterocycles. The molecule has 1 aliphatic rings. The Kier molecular flexibility index (Phi) is 4.42. The Hall–Kier alpha value is -1.03. The summed E-state index contributed by atoms with van der Waals surface area (Å²) in [5.41, 5.74) is 0. The third-order valence-electron chi connectivity index (χ3n) is 3.56. The standard InChI is InChI=1S/C13H24N4/c1-3-7-14-13-15-8-10-17(13)11-12-6-5-9-16(12)4-2/h8,10,12H,3-7,9,11H2,1-2H3,(H,14,15). The lowest BCUT2D eigenvalue weighted by atomic mass is 10.2. The second kappa shape index (κ2) is 6.05. The summed E-state index contributed by atoms with van der Waals surface area (Å²) >= 11 is 0. The molecule has 0 radical (unpaired) electrons. The van der Waals surface area contributed by atoms with Crippen LogP contribution in [-0.4, -0.2) is 40.1 Å². The molecule has 1 aliphatic heterocycles. The molecule has 1 atom stereocenters. The van der Waals surface area contributed by atoms with Crippen LogP contribution in [0.2, 0.25) is 0 Å². The Morgan fingerprint density at radius 2 is 2.35 bits per heavy atom. The molecule has 4 heteroatoms. The summed E-state index contributed by atoms with van der Waals surface area (Å²) in [6.07, 6.45) is 7.77. The van der Waals surface area contributed by atoms with Crippen molar-refractivity contribution in [3.8, 4) is 0 Å². The van der Waals surface area contributed by atoms with Gasteiger partial charge in [-0.05, 0) is 32.4 Å². The van der Waals surface area contributed by atoms with Crippen LogP contribution in [0.15, 0.2) is 12.4 Å². The molecule has 0 spiro atoms. The molecule has 2 rings (SSSR count). The first-order valence-electron chi connectivity index (χ1n) is 6.84. The molecule has 0 amide bonds. The number of aromatic nitrogens is 2. The van der Waals surface area contributed by atoms with Crippen LogP contribution in [0.5, 0.6) is 0 Å². The third-order valence-corrected chi connectivity index (χ3v) is 3.56. The zero-order chi connectivity index (χ0) is 12.1. The molecular weight excluding hydrogens is 212 g/mol. The van der Waals surface area contributed by atoms with Gasteiger partial charge >= 0.3 is 0 Å². The third kappa shape index (κ3) is 3.00. The first-order chi connectivity index (χ1) is 8.35. The van der Waals surface area contributed by atoms with Crippen LogP contribution < -0.4 is 5.32 Å². The maximum Gasteiger partial charge on any atom is 0.202 e. The summed E-state index contributed by atoms with van der Waals surface area (Å²) in [5.74, 6) is 1.02. The molecule has 1 aromatic heterocycles. The SMILES string of the molecule is CCCNc1nccn1CC1CCCN1CC. The Morgan fingerprint density at radius 3 is 3.12 bits per heavy atom. The zero-order valence-electron chi connectivity index (χ0n) is 11.0. The highest BCUT2D eigenvalue weighted by atomic mass is 15.2. The van der Waals surface area contributed by atoms with Crippen molar-refractivity contribution in [1.29, 1.82) is 0 Å². The summed E-state index contributed by atoms with van der Waals surface area (Å²) in [5, 5.41) is 3.38. The molecule has 17 heavy (non-hydrogen) atoms. The minimum absolute atomic E-state index is 0.691. The number of nitrogens with zero attached hydrogens (tertiary/aromatic N) is 3. The zero-order valence-corrected chi connectivity index (χ0v) is 11.0. The van der Waals surface area contributed by atoms with E-state index >= 15 is 0 Å². The smallest absolute Gasteiger partial charge is 0.202 e. The van der Waals surface area contributed by atoms with E-state index in [9.17, 15) is 0 Å². The molecule has 0 aliphatic carbocycles. The highest BCUT2D eigenvalue weighted by Gasteiger charge is 2.23. The van der Waals surface area contributed by atoms with E-state index in [0.717, 1.165) is 32.0 Å². The molecule has 96 valence electrons. The molecule has 1 saturated heterocycles. The minimum Gasteiger partial charge on any atom is -0.356 e. The van der Waals surface area contributed by atoms with E-state index in [4.69, 9.17) is 0 Å². The molecule has 0 saturated carbocycles. The lowest BCUT2D eigenvalue weighted by Gasteiger charge is -2.23. The second-order valence-corrected chi connectivity index (χ2v) is 4.75. The summed E-state index contributed by atoms with van der Waals surface area (Å²) in [4.78, 5) is 6.95. The quantitative estimate of drug-likeness (QED) is 0.822. The topological polar surface area (TPSA) is 33.1 Å². The fraction of sp³-hybridized carbons (Fsp3) is 0.769. The van der Waals surface area contributed by atoms with Crippen LogP contribution in [0.1, 0.15) is 33.1 Å². The highest BCUT2D eigenvalue weighted by Crippen LogP contribution is 2.19. The van der Waals surface area contributed by atoms with E-state index in [-0.39, 0.29) is 0 Å². The highest BCUT2D eigenvalue weighted by molar-refractivity contribution is 5.25. The predicted octanol–water partition coefficient (Wildman–Crippen LogP) is 2.19. The van der Waals surface area contributed by atoms with Crippen molar-refractivity contribution in [3.63, 3.8) is 0 Å². The van der Waals surface area contributed by atoms with E-state index in [1.54, 1.807) is 0 Å². The van der Waals surface area contributed by atoms with E-state index < -0.39 is 0 Å². The van der Waals surface area contributed by atoms with Gasteiger partial charge in [0.05, 0.1) is 0 Å². The number of nitrogens with one attached hydrogen (secondary N) is 1. The van der Waals surface area contributed by atoms with Gasteiger partial charge in [0, 0.05) is 31.5 Å². The van der Waals surface area contributed by atoms with Crippen LogP contribution in [0.4, 0.5) is 5.95 Å². The average Bonchev–Trinajstić information content (AvgIpc) is 2.96. The van der Waals surface area contributed by atoms with Gasteiger partial charge in [0.1, 0.15) is 0 Å². The van der Waals surface area contributed by atoms with Crippen LogP contribution in [-0.2, 0) is 6.54 Å². The van der Waals surface area contributed by atoms with E-state index in [1.165, 1.54) is 19.4 Å². The van der Waals surface area contributed by atoms with Crippen molar-refractivity contribution in [3.05, 3.63) is 12.4 Å². The van der Waals surface area contributed by atoms with Crippen molar-refractivity contribution in [2.24, 2.45) is 0 Å². The summed E-state index contributed by atoms with van der Waals surface area (Å²) in [6, 6.07) is 0.691. The van der Waals surface area contributed by atoms with E-state index in [1.807, 2.05) is 6.20 Å². The minimum atomic E-state index is 0.691. The van der Waals surface area contributed by atoms with Crippen LogP contribution in [0.25, 0.3) is 0 Å². The molecule has 4 nitrogen and oxygen atoms in total. The number of likely N-dealkylation sites (tertiary alicyclic amines) is 1. The summed E-state index contributed by atoms with van der Waals surface area (Å²) in [7, 11) is 0. The molecule has 1 N–H and O–H groups in total. The maximum absolute atomic E-state index is 4.38. The Bertz CT molecular complexity index is 334. The lowest BCUT2D eigenvalue weighted by Crippen LogP contribution is -2.32. The lowest BCUT2D eigenvalue weighted by molar-refractivity contribution is 0.245. The van der Waals surface area contributed by atoms with Crippen molar-refractivity contribution in [2.45, 2.75) is 45.7 Å². The summed E-state index contributed by atoms with van der Waals surface area (Å²) < 4.78 is 2.26. The Balaban J connectivity index is 1.95. The maximum atomic E-state index is 4.38. The fourth-order valence-electron chi connectivity index (χ4n) is 2.61. The van der Waals surface area contributed by atoms with Crippen molar-refractivity contribution in [1.82, 2.24) is 14.5 Å². The summed E-state index contributed by atoms with van der Waals surface area (Å²) in [6.45, 7) is 8.92. The van der Waals surface area contributed by atoms with Crippen LogP contribution >= 0.6 is 0 Å². The number of likely N-dealkylation sites (N-methyl/N-ethyl adjacent to an activating group) is 1. The fourth-order valence-corrected chi connectivity index (χ4v) is 2.61. The average molecular weight is 236 g/mol. The van der Waals surface area contributed by atoms with Gasteiger partial charge in [0.2, 0.25) is 5.95 Å². The van der Waals surface area contributed by atoms with Crippen LogP contribution in [0.3, 0.4) is 0 Å². The number of rotatable bonds is 6. The van der Waals surface area contributed by atoms with E-state index in [2.05, 4.69) is 39.8 Å². The molecular formula is C13H24N4. The number of hydrogen-bond acceptors (Lipinski definition) is 3. The molecule has 0 aromatic carbocycles. The normalized spacial score (nSPS) is 20.9. The predicted molar refractivity (Wildman–Crippen MR) is 71.3 cm³/mol. The number of hydrogen-bond donors (Lipinski definition) is 1. The van der Waals surface area contributed by atoms with Gasteiger partial charge in [-0.25, -0.2) is 4.98 Å². The van der Waals surface area contributed by atoms with Gasteiger partial charge in [-0.15, -0.1) is 0 Å². The molecule has 1 aromatic rings. The Labute approximate surface area is 104 Å². The number of anilines is 1. The number of imidazole rings is 1. The van der Waals surface area contributed by atoms with Gasteiger partial charge in [-0.1, -0.05) is 13.8 Å². The first-order valence-corrected chi connectivity index (χ1v) is 6.84. The van der Waals surface area contributed by atoms with Gasteiger partial charge in [0.15, 0.2) is 0 Å². The van der Waals surface area contributed by atoms with Crippen molar-refractivity contribution in [2.75, 3.05) is 25.0 Å². The van der Waals surface area contributed by atoms with Gasteiger partial charge in [-0.2, -0.15) is 0 Å². The molecule has 0 bridgehead atoms.